The molecule has 0 saturated heterocycles. The Morgan fingerprint density at radius 3 is 2.08 bits per heavy atom. The van der Waals surface area contributed by atoms with E-state index >= 15 is 0 Å². The molecule has 0 aromatic heterocycles. The minimum atomic E-state index is -5.50. The first-order chi connectivity index (χ1) is 23.9. The first kappa shape index (κ1) is 42.6. The molecular weight excluding hydrogens is 725 g/mol. The highest BCUT2D eigenvalue weighted by atomic mass is 32.2. The fourth-order valence-corrected chi connectivity index (χ4v) is 6.14. The summed E-state index contributed by atoms with van der Waals surface area (Å²) in [6.45, 7) is 2.39. The van der Waals surface area contributed by atoms with E-state index in [1.807, 2.05) is 6.07 Å². The highest BCUT2D eigenvalue weighted by molar-refractivity contribution is 7.99. The number of hydrogen-bond acceptors (Lipinski definition) is 14. The number of nitrogens with one attached hydrogen (secondary N) is 3. The number of alkyl halides is 3. The van der Waals surface area contributed by atoms with Crippen LogP contribution in [0.4, 0.5) is 24.5 Å². The lowest BCUT2D eigenvalue weighted by Gasteiger charge is -2.24. The van der Waals surface area contributed by atoms with E-state index in [2.05, 4.69) is 36.0 Å². The van der Waals surface area contributed by atoms with Crippen LogP contribution in [0, 0.1) is 0 Å². The molecule has 6 N–H and O–H groups in total. The molecule has 2 aromatic carbocycles. The molecule has 0 aliphatic heterocycles. The number of nitrogens with two attached hydrogens (primary N) is 1. The largest absolute Gasteiger partial charge is 0.495 e. The lowest BCUT2D eigenvalue weighted by Crippen LogP contribution is -2.56. The number of sulfone groups is 1. The van der Waals surface area contributed by atoms with Gasteiger partial charge in [0.15, 0.2) is 9.84 Å². The van der Waals surface area contributed by atoms with Crippen molar-refractivity contribution in [3.05, 3.63) is 60.2 Å². The summed E-state index contributed by atoms with van der Waals surface area (Å²) in [4.78, 5) is 68.0. The summed E-state index contributed by atoms with van der Waals surface area (Å²) in [7, 11) is -3.78. The Morgan fingerprint density at radius 2 is 1.51 bits per heavy atom. The maximum atomic E-state index is 13.3. The second kappa shape index (κ2) is 20.3. The molecule has 0 aliphatic rings. The van der Waals surface area contributed by atoms with Gasteiger partial charge in [0.1, 0.15) is 18.1 Å². The maximum Gasteiger partial charge on any atom is 0.495 e. The van der Waals surface area contributed by atoms with Gasteiger partial charge in [-0.25, -0.2) is 27.8 Å². The molecule has 0 heterocycles. The molecule has 4 atom stereocenters. The van der Waals surface area contributed by atoms with Crippen LogP contribution in [-0.2, 0) is 49.3 Å². The third-order valence-electron chi connectivity index (χ3n) is 6.50. The third-order valence-corrected chi connectivity index (χ3v) is 9.10. The molecule has 0 fully saturated rings. The van der Waals surface area contributed by atoms with Crippen LogP contribution in [0.5, 0.6) is 0 Å². The van der Waals surface area contributed by atoms with Gasteiger partial charge in [0, 0.05) is 12.7 Å². The minimum absolute atomic E-state index is 0.112. The smallest absolute Gasteiger partial charge is 0.391 e. The maximum absolute atomic E-state index is 13.3. The summed E-state index contributed by atoms with van der Waals surface area (Å²) in [5.74, 6) is -8.47. The standard InChI is InChI=1S/C30H37F3N6O10S2/c1-18(40)25(34)27(43)36-23(26(42)37-24(15-50-17-35-19(2)41)28(44)48-49-29(45)30(31,32)33)9-6-14-51(46,47)16-20-10-12-22(13-11-20)39-38-21-7-4-3-5-8-21/h3-5,7-8,10-13,18,23-25,40H,6,9,14-17,34H2,1-2H3,(H,35,41)(H,36,43)(H,37,42)/t18-,23+,24+,25+/m1/s1. The molecule has 0 bridgehead atoms. The topological polar surface area (TPSA) is 245 Å². The number of carbonyl (C=O) groups excluding carboxylic acids is 5. The number of amides is 3. The Morgan fingerprint density at radius 1 is 0.922 bits per heavy atom. The van der Waals surface area contributed by atoms with Crippen molar-refractivity contribution in [1.29, 1.82) is 0 Å². The lowest BCUT2D eigenvalue weighted by molar-refractivity contribution is -0.286. The van der Waals surface area contributed by atoms with Crippen LogP contribution in [0.2, 0.25) is 0 Å². The van der Waals surface area contributed by atoms with Crippen LogP contribution in [0.25, 0.3) is 0 Å². The zero-order chi connectivity index (χ0) is 38.2. The summed E-state index contributed by atoms with van der Waals surface area (Å²) in [5, 5.41) is 24.7. The summed E-state index contributed by atoms with van der Waals surface area (Å²) in [6, 6.07) is 10.3. The van der Waals surface area contributed by atoms with Gasteiger partial charge in [0.2, 0.25) is 17.7 Å². The normalized spacial score (nSPS) is 14.1. The number of hydrogen-bond donors (Lipinski definition) is 5. The Labute approximate surface area is 294 Å². The van der Waals surface area contributed by atoms with Crippen molar-refractivity contribution in [2.75, 3.05) is 17.4 Å². The van der Waals surface area contributed by atoms with E-state index in [-0.39, 0.29) is 24.5 Å². The van der Waals surface area contributed by atoms with E-state index in [9.17, 15) is 50.7 Å². The Hall–Kier alpha value is -4.60. The van der Waals surface area contributed by atoms with Crippen LogP contribution in [0.3, 0.4) is 0 Å². The number of nitrogens with zero attached hydrogens (tertiary/aromatic N) is 2. The van der Waals surface area contributed by atoms with Crippen molar-refractivity contribution in [1.82, 2.24) is 16.0 Å². The summed E-state index contributed by atoms with van der Waals surface area (Å²) >= 11 is 0.818. The number of benzene rings is 2. The van der Waals surface area contributed by atoms with Crippen molar-refractivity contribution in [2.45, 2.75) is 62.8 Å². The molecule has 3 amide bonds. The van der Waals surface area contributed by atoms with Gasteiger partial charge in [0.25, 0.3) is 0 Å². The fourth-order valence-electron chi connectivity index (χ4n) is 3.81. The van der Waals surface area contributed by atoms with Crippen molar-refractivity contribution in [3.63, 3.8) is 0 Å². The molecule has 0 unspecified atom stereocenters. The summed E-state index contributed by atoms with van der Waals surface area (Å²) in [6.07, 6.45) is -7.41. The first-order valence-corrected chi connectivity index (χ1v) is 18.0. The molecular formula is C30H37F3N6O10S2. The average molecular weight is 763 g/mol. The van der Waals surface area contributed by atoms with Crippen molar-refractivity contribution < 1.29 is 60.4 Å². The molecule has 0 saturated carbocycles. The van der Waals surface area contributed by atoms with Crippen molar-refractivity contribution in [2.24, 2.45) is 16.0 Å². The van der Waals surface area contributed by atoms with Crippen molar-refractivity contribution in [3.8, 4) is 0 Å². The van der Waals surface area contributed by atoms with Gasteiger partial charge >= 0.3 is 18.1 Å². The molecule has 2 rings (SSSR count). The number of halogens is 3. The number of azo groups is 1. The van der Waals surface area contributed by atoms with E-state index in [1.54, 1.807) is 48.5 Å². The van der Waals surface area contributed by atoms with Crippen LogP contribution >= 0.6 is 11.8 Å². The van der Waals surface area contributed by atoms with Gasteiger partial charge < -0.3 is 26.8 Å². The predicted molar refractivity (Wildman–Crippen MR) is 177 cm³/mol. The van der Waals surface area contributed by atoms with Gasteiger partial charge in [-0.2, -0.15) is 23.4 Å². The Balaban J connectivity index is 2.13. The lowest BCUT2D eigenvalue weighted by atomic mass is 10.1. The van der Waals surface area contributed by atoms with Gasteiger partial charge in [0.05, 0.1) is 34.9 Å². The molecule has 21 heteroatoms. The van der Waals surface area contributed by atoms with E-state index < -0.39 is 81.4 Å². The molecule has 16 nitrogen and oxygen atoms in total. The Bertz CT molecular complexity index is 1630. The highest BCUT2D eigenvalue weighted by Crippen LogP contribution is 2.20. The molecule has 0 aliphatic carbocycles. The van der Waals surface area contributed by atoms with E-state index in [1.165, 1.54) is 13.8 Å². The van der Waals surface area contributed by atoms with Gasteiger partial charge in [-0.3, -0.25) is 14.4 Å². The van der Waals surface area contributed by atoms with E-state index in [0.29, 0.717) is 16.9 Å². The average Bonchev–Trinajstić information content (AvgIpc) is 3.06. The van der Waals surface area contributed by atoms with E-state index in [0.717, 1.165) is 11.8 Å². The van der Waals surface area contributed by atoms with Gasteiger partial charge in [-0.15, -0.1) is 11.8 Å². The fraction of sp³-hybridized carbons (Fsp3) is 0.433. The van der Waals surface area contributed by atoms with Crippen LogP contribution in [0.1, 0.15) is 32.3 Å². The number of thioether (sulfide) groups is 1. The van der Waals surface area contributed by atoms with E-state index in [4.69, 9.17) is 5.73 Å². The monoisotopic (exact) mass is 762 g/mol. The molecule has 0 spiro atoms. The minimum Gasteiger partial charge on any atom is -0.391 e. The number of rotatable bonds is 18. The van der Waals surface area contributed by atoms with Gasteiger partial charge in [-0.1, -0.05) is 30.3 Å². The zero-order valence-electron chi connectivity index (χ0n) is 27.3. The SMILES string of the molecule is CC(=O)NCSC[C@H](NC(=O)[C@H](CCCS(=O)(=O)Cc1ccc(N=Nc2ccccc2)cc1)NC(=O)[C@@H](N)[C@@H](C)O)C(=O)OOC(=O)C(F)(F)F. The van der Waals surface area contributed by atoms with Crippen LogP contribution in [-0.4, -0.2) is 91.0 Å². The molecule has 51 heavy (non-hydrogen) atoms. The second-order valence-corrected chi connectivity index (χ2v) is 14.1. The highest BCUT2D eigenvalue weighted by Gasteiger charge is 2.43. The quantitative estimate of drug-likeness (QED) is 0.0481. The molecule has 0 radical (unpaired) electrons. The zero-order valence-corrected chi connectivity index (χ0v) is 28.9. The van der Waals surface area contributed by atoms with Crippen molar-refractivity contribution >= 4 is 62.6 Å². The predicted octanol–water partition coefficient (Wildman–Crippen LogP) is 1.87. The number of aliphatic hydroxyl groups excluding tert-OH is 1. The molecule has 2 aromatic rings. The van der Waals surface area contributed by atoms with Gasteiger partial charge in [-0.05, 0) is 49.6 Å². The number of aliphatic hydroxyl groups is 1. The summed E-state index contributed by atoms with van der Waals surface area (Å²) < 4.78 is 63.4. The first-order valence-electron chi connectivity index (χ1n) is 15.0. The summed E-state index contributed by atoms with van der Waals surface area (Å²) in [5.41, 5.74) is 7.20. The van der Waals surface area contributed by atoms with Crippen LogP contribution < -0.4 is 21.7 Å². The van der Waals surface area contributed by atoms with Crippen LogP contribution in [0.15, 0.2) is 64.8 Å². The third kappa shape index (κ3) is 16.3. The second-order valence-electron chi connectivity index (χ2n) is 10.8. The molecule has 280 valence electrons. The Kier molecular flexibility index (Phi) is 16.9. The number of carbonyl (C=O) groups is 5.